The third-order valence-electron chi connectivity index (χ3n) is 3.47. The molecule has 1 amide bonds. The molecule has 94 valence electrons. The normalized spacial score (nSPS) is 28.9. The summed E-state index contributed by atoms with van der Waals surface area (Å²) in [5.74, 6) is -0.496. The molecule has 1 aliphatic carbocycles. The molecular formula is C13H13NO4. The lowest BCUT2D eigenvalue weighted by atomic mass is 10.1. The molecule has 1 aromatic carbocycles. The Morgan fingerprint density at radius 3 is 2.94 bits per heavy atom. The summed E-state index contributed by atoms with van der Waals surface area (Å²) >= 11 is 0. The standard InChI is InChI=1S/C13H13NO4/c1-6-12(15)14-10-3-2-7(4-11(10)18-6)8-5-9(8)13(16)17/h2-4,6,8-9H,5H2,1H3,(H,14,15)(H,16,17). The van der Waals surface area contributed by atoms with Crippen molar-refractivity contribution in [3.8, 4) is 5.75 Å². The maximum Gasteiger partial charge on any atom is 0.307 e. The number of anilines is 1. The van der Waals surface area contributed by atoms with Gasteiger partial charge in [-0.05, 0) is 37.0 Å². The molecule has 1 fully saturated rings. The van der Waals surface area contributed by atoms with Gasteiger partial charge in [-0.15, -0.1) is 0 Å². The molecule has 0 spiro atoms. The molecule has 0 bridgehead atoms. The van der Waals surface area contributed by atoms with Crippen LogP contribution >= 0.6 is 0 Å². The van der Waals surface area contributed by atoms with Gasteiger partial charge in [-0.3, -0.25) is 9.59 Å². The lowest BCUT2D eigenvalue weighted by Crippen LogP contribution is -2.34. The first kappa shape index (κ1) is 11.1. The van der Waals surface area contributed by atoms with Gasteiger partial charge in [-0.2, -0.15) is 0 Å². The van der Waals surface area contributed by atoms with Crippen molar-refractivity contribution in [3.63, 3.8) is 0 Å². The van der Waals surface area contributed by atoms with Crippen molar-refractivity contribution in [3.05, 3.63) is 23.8 Å². The highest BCUT2D eigenvalue weighted by atomic mass is 16.5. The monoisotopic (exact) mass is 247 g/mol. The van der Waals surface area contributed by atoms with E-state index in [9.17, 15) is 9.59 Å². The van der Waals surface area contributed by atoms with Gasteiger partial charge in [0, 0.05) is 0 Å². The Morgan fingerprint density at radius 1 is 1.50 bits per heavy atom. The highest BCUT2D eigenvalue weighted by molar-refractivity contribution is 5.97. The first-order valence-electron chi connectivity index (χ1n) is 5.90. The molecular weight excluding hydrogens is 234 g/mol. The SMILES string of the molecule is CC1Oc2cc(C3CC3C(=O)O)ccc2NC1=O. The Hall–Kier alpha value is -2.04. The smallest absolute Gasteiger partial charge is 0.307 e. The summed E-state index contributed by atoms with van der Waals surface area (Å²) in [6, 6.07) is 5.45. The van der Waals surface area contributed by atoms with E-state index < -0.39 is 12.1 Å². The Balaban J connectivity index is 1.86. The number of carboxylic acids is 1. The van der Waals surface area contributed by atoms with Gasteiger partial charge in [0.15, 0.2) is 6.10 Å². The van der Waals surface area contributed by atoms with E-state index in [-0.39, 0.29) is 17.7 Å². The number of ether oxygens (including phenoxy) is 1. The van der Waals surface area contributed by atoms with Crippen LogP contribution in [-0.4, -0.2) is 23.1 Å². The maximum absolute atomic E-state index is 11.4. The molecule has 1 saturated carbocycles. The van der Waals surface area contributed by atoms with Crippen LogP contribution in [0.1, 0.15) is 24.8 Å². The fourth-order valence-electron chi connectivity index (χ4n) is 2.28. The zero-order valence-corrected chi connectivity index (χ0v) is 9.84. The van der Waals surface area contributed by atoms with Crippen molar-refractivity contribution in [2.45, 2.75) is 25.4 Å². The van der Waals surface area contributed by atoms with E-state index in [2.05, 4.69) is 5.32 Å². The quantitative estimate of drug-likeness (QED) is 0.832. The van der Waals surface area contributed by atoms with Crippen LogP contribution < -0.4 is 10.1 Å². The number of hydrogen-bond donors (Lipinski definition) is 2. The lowest BCUT2D eigenvalue weighted by Gasteiger charge is -2.23. The topological polar surface area (TPSA) is 75.6 Å². The number of aliphatic carboxylic acids is 1. The highest BCUT2D eigenvalue weighted by Gasteiger charge is 2.44. The molecule has 0 radical (unpaired) electrons. The fourth-order valence-corrected chi connectivity index (χ4v) is 2.28. The minimum Gasteiger partial charge on any atom is -0.481 e. The van der Waals surface area contributed by atoms with Crippen LogP contribution in [0.3, 0.4) is 0 Å². The molecule has 2 aliphatic rings. The Morgan fingerprint density at radius 2 is 2.28 bits per heavy atom. The van der Waals surface area contributed by atoms with Gasteiger partial charge in [-0.25, -0.2) is 0 Å². The molecule has 1 aliphatic heterocycles. The van der Waals surface area contributed by atoms with Crippen LogP contribution in [0.5, 0.6) is 5.75 Å². The molecule has 3 rings (SSSR count). The van der Waals surface area contributed by atoms with Crippen LogP contribution in [0.4, 0.5) is 5.69 Å². The molecule has 3 unspecified atom stereocenters. The summed E-state index contributed by atoms with van der Waals surface area (Å²) in [5, 5.41) is 11.7. The average Bonchev–Trinajstić information content (AvgIpc) is 3.10. The summed E-state index contributed by atoms with van der Waals surface area (Å²) in [4.78, 5) is 22.3. The summed E-state index contributed by atoms with van der Waals surface area (Å²) in [7, 11) is 0. The number of rotatable bonds is 2. The second-order valence-corrected chi connectivity index (χ2v) is 4.79. The fraction of sp³-hybridized carbons (Fsp3) is 0.385. The van der Waals surface area contributed by atoms with Gasteiger partial charge in [-0.1, -0.05) is 6.07 Å². The molecule has 3 atom stereocenters. The number of nitrogens with one attached hydrogen (secondary N) is 1. The van der Waals surface area contributed by atoms with E-state index in [1.54, 1.807) is 13.0 Å². The van der Waals surface area contributed by atoms with Crippen LogP contribution in [0.15, 0.2) is 18.2 Å². The van der Waals surface area contributed by atoms with Gasteiger partial charge in [0.05, 0.1) is 11.6 Å². The third-order valence-corrected chi connectivity index (χ3v) is 3.47. The van der Waals surface area contributed by atoms with Crippen LogP contribution in [0.25, 0.3) is 0 Å². The van der Waals surface area contributed by atoms with Crippen molar-refractivity contribution in [1.29, 1.82) is 0 Å². The maximum atomic E-state index is 11.4. The predicted molar refractivity (Wildman–Crippen MR) is 63.6 cm³/mol. The molecule has 0 saturated heterocycles. The minimum atomic E-state index is -0.750. The van der Waals surface area contributed by atoms with E-state index in [1.165, 1.54) is 0 Å². The van der Waals surface area contributed by atoms with E-state index in [0.29, 0.717) is 17.9 Å². The molecule has 5 heteroatoms. The minimum absolute atomic E-state index is 0.0735. The summed E-state index contributed by atoms with van der Waals surface area (Å²) < 4.78 is 5.50. The van der Waals surface area contributed by atoms with Crippen molar-refractivity contribution >= 4 is 17.6 Å². The van der Waals surface area contributed by atoms with Crippen LogP contribution in [0.2, 0.25) is 0 Å². The summed E-state index contributed by atoms with van der Waals surface area (Å²) in [6.07, 6.45) is 0.165. The van der Waals surface area contributed by atoms with Crippen molar-refractivity contribution < 1.29 is 19.4 Å². The Kier molecular flexibility index (Phi) is 2.29. The second-order valence-electron chi connectivity index (χ2n) is 4.79. The van der Waals surface area contributed by atoms with Gasteiger partial charge in [0.25, 0.3) is 5.91 Å². The van der Waals surface area contributed by atoms with Gasteiger partial charge in [0.2, 0.25) is 0 Å². The van der Waals surface area contributed by atoms with E-state index in [1.807, 2.05) is 12.1 Å². The number of hydrogen-bond acceptors (Lipinski definition) is 3. The highest BCUT2D eigenvalue weighted by Crippen LogP contribution is 2.49. The van der Waals surface area contributed by atoms with Crippen LogP contribution in [0, 0.1) is 5.92 Å². The van der Waals surface area contributed by atoms with Gasteiger partial charge in [0.1, 0.15) is 5.75 Å². The molecule has 2 N–H and O–H groups in total. The molecule has 1 aromatic rings. The Bertz CT molecular complexity index is 540. The first-order valence-corrected chi connectivity index (χ1v) is 5.90. The lowest BCUT2D eigenvalue weighted by molar-refractivity contribution is -0.138. The van der Waals surface area contributed by atoms with Gasteiger partial charge >= 0.3 is 5.97 Å². The number of carbonyl (C=O) groups excluding carboxylic acids is 1. The number of fused-ring (bicyclic) bond motifs is 1. The van der Waals surface area contributed by atoms with E-state index in [0.717, 1.165) is 5.56 Å². The predicted octanol–water partition coefficient (Wildman–Crippen LogP) is 1.59. The molecule has 18 heavy (non-hydrogen) atoms. The van der Waals surface area contributed by atoms with Crippen LogP contribution in [-0.2, 0) is 9.59 Å². The zero-order valence-electron chi connectivity index (χ0n) is 9.84. The van der Waals surface area contributed by atoms with E-state index in [4.69, 9.17) is 9.84 Å². The number of benzene rings is 1. The molecule has 1 heterocycles. The summed E-state index contributed by atoms with van der Waals surface area (Å²) in [5.41, 5.74) is 1.61. The second kappa shape index (κ2) is 3.73. The van der Waals surface area contributed by atoms with Crippen molar-refractivity contribution in [2.75, 3.05) is 5.32 Å². The van der Waals surface area contributed by atoms with Crippen molar-refractivity contribution in [2.24, 2.45) is 5.92 Å². The number of carbonyl (C=O) groups is 2. The molecule has 5 nitrogen and oxygen atoms in total. The molecule has 0 aromatic heterocycles. The largest absolute Gasteiger partial charge is 0.481 e. The average molecular weight is 247 g/mol. The first-order chi connectivity index (χ1) is 8.56. The number of carboxylic acid groups (broad SMARTS) is 1. The third kappa shape index (κ3) is 1.72. The van der Waals surface area contributed by atoms with Gasteiger partial charge < -0.3 is 15.2 Å². The number of amides is 1. The van der Waals surface area contributed by atoms with Crippen molar-refractivity contribution in [1.82, 2.24) is 0 Å². The zero-order chi connectivity index (χ0) is 12.9. The summed E-state index contributed by atoms with van der Waals surface area (Å²) in [6.45, 7) is 1.68. The van der Waals surface area contributed by atoms with E-state index >= 15 is 0 Å². The Labute approximate surface area is 104 Å².